The van der Waals surface area contributed by atoms with E-state index in [1.165, 1.54) is 11.3 Å². The average molecular weight is 225 g/mol. The standard InChI is InChI=1S/C9H11N3O2S/c10-2-8-5(11)1-9(15-8)12-3-6(13)7(14)4-12/h1,6-7,13-14H,3-4,11H2. The fourth-order valence-electron chi connectivity index (χ4n) is 1.58. The maximum absolute atomic E-state index is 9.38. The number of thiophene rings is 1. The molecule has 0 bridgehead atoms. The van der Waals surface area contributed by atoms with E-state index < -0.39 is 12.2 Å². The second-order valence-electron chi connectivity index (χ2n) is 3.52. The van der Waals surface area contributed by atoms with E-state index in [0.717, 1.165) is 5.00 Å². The van der Waals surface area contributed by atoms with E-state index in [1.807, 2.05) is 11.0 Å². The zero-order chi connectivity index (χ0) is 11.0. The van der Waals surface area contributed by atoms with Crippen LogP contribution in [0.4, 0.5) is 10.7 Å². The Morgan fingerprint density at radius 1 is 1.47 bits per heavy atom. The fraction of sp³-hybridized carbons (Fsp3) is 0.444. The number of hydrogen-bond donors (Lipinski definition) is 3. The van der Waals surface area contributed by atoms with Crippen LogP contribution in [0.3, 0.4) is 0 Å². The van der Waals surface area contributed by atoms with Gasteiger partial charge in [0.15, 0.2) is 0 Å². The van der Waals surface area contributed by atoms with Crippen molar-refractivity contribution < 1.29 is 10.2 Å². The van der Waals surface area contributed by atoms with E-state index >= 15 is 0 Å². The lowest BCUT2D eigenvalue weighted by Gasteiger charge is -2.13. The highest BCUT2D eigenvalue weighted by molar-refractivity contribution is 7.17. The zero-order valence-electron chi connectivity index (χ0n) is 7.92. The number of nitrogens with zero attached hydrogens (tertiary/aromatic N) is 2. The highest BCUT2D eigenvalue weighted by Crippen LogP contribution is 2.33. The quantitative estimate of drug-likeness (QED) is 0.612. The van der Waals surface area contributed by atoms with Crippen LogP contribution < -0.4 is 10.6 Å². The monoisotopic (exact) mass is 225 g/mol. The Hall–Kier alpha value is -1.29. The van der Waals surface area contributed by atoms with Gasteiger partial charge in [-0.25, -0.2) is 0 Å². The number of hydrogen-bond acceptors (Lipinski definition) is 6. The molecule has 2 atom stereocenters. The van der Waals surface area contributed by atoms with Gasteiger partial charge < -0.3 is 20.8 Å². The molecule has 1 aliphatic rings. The molecule has 1 aromatic rings. The molecule has 80 valence electrons. The molecule has 2 rings (SSSR count). The molecule has 0 amide bonds. The second-order valence-corrected chi connectivity index (χ2v) is 4.55. The summed E-state index contributed by atoms with van der Waals surface area (Å²) in [5.74, 6) is 0. The van der Waals surface area contributed by atoms with Crippen molar-refractivity contribution in [2.75, 3.05) is 23.7 Å². The molecule has 0 radical (unpaired) electrons. The highest BCUT2D eigenvalue weighted by atomic mass is 32.1. The Bertz CT molecular complexity index is 402. The number of anilines is 2. The predicted molar refractivity (Wildman–Crippen MR) is 57.7 cm³/mol. The summed E-state index contributed by atoms with van der Waals surface area (Å²) in [5, 5.41) is 28.3. The van der Waals surface area contributed by atoms with E-state index in [4.69, 9.17) is 11.0 Å². The van der Waals surface area contributed by atoms with Gasteiger partial charge in [-0.15, -0.1) is 11.3 Å². The first-order chi connectivity index (χ1) is 7.11. The molecule has 2 unspecified atom stereocenters. The summed E-state index contributed by atoms with van der Waals surface area (Å²) in [5.41, 5.74) is 6.08. The summed E-state index contributed by atoms with van der Waals surface area (Å²) in [7, 11) is 0. The highest BCUT2D eigenvalue weighted by Gasteiger charge is 2.30. The fourth-order valence-corrected chi connectivity index (χ4v) is 2.48. The van der Waals surface area contributed by atoms with Crippen molar-refractivity contribution in [1.82, 2.24) is 0 Å². The van der Waals surface area contributed by atoms with E-state index in [-0.39, 0.29) is 0 Å². The summed E-state index contributed by atoms with van der Waals surface area (Å²) >= 11 is 1.28. The van der Waals surface area contributed by atoms with Crippen LogP contribution in [0.25, 0.3) is 0 Å². The number of β-amino-alcohol motifs (C(OH)–C–C–N with tert-alkyl or cyclic N) is 2. The lowest BCUT2D eigenvalue weighted by Crippen LogP contribution is -2.22. The van der Waals surface area contributed by atoms with E-state index in [0.29, 0.717) is 23.7 Å². The van der Waals surface area contributed by atoms with Gasteiger partial charge >= 0.3 is 0 Å². The first kappa shape index (κ1) is 10.2. The average Bonchev–Trinajstić information content (AvgIpc) is 2.71. The number of nitriles is 1. The van der Waals surface area contributed by atoms with Crippen LogP contribution in [-0.4, -0.2) is 35.5 Å². The Morgan fingerprint density at radius 2 is 2.07 bits per heavy atom. The largest absolute Gasteiger partial charge is 0.397 e. The third-order valence-corrected chi connectivity index (χ3v) is 3.54. The Labute approximate surface area is 91.0 Å². The Kier molecular flexibility index (Phi) is 2.52. The molecule has 4 N–H and O–H groups in total. The van der Waals surface area contributed by atoms with Crippen molar-refractivity contribution in [2.24, 2.45) is 0 Å². The summed E-state index contributed by atoms with van der Waals surface area (Å²) in [6.45, 7) is 0.762. The van der Waals surface area contributed by atoms with Crippen LogP contribution in [-0.2, 0) is 0 Å². The molecular weight excluding hydrogens is 214 g/mol. The second kappa shape index (κ2) is 3.70. The van der Waals surface area contributed by atoms with Crippen molar-refractivity contribution in [3.63, 3.8) is 0 Å². The number of nitrogen functional groups attached to an aromatic ring is 1. The van der Waals surface area contributed by atoms with Gasteiger partial charge in [-0.1, -0.05) is 0 Å². The minimum atomic E-state index is -0.723. The molecule has 0 aromatic carbocycles. The van der Waals surface area contributed by atoms with Gasteiger partial charge in [0, 0.05) is 13.1 Å². The van der Waals surface area contributed by atoms with Crippen molar-refractivity contribution in [3.8, 4) is 6.07 Å². The summed E-state index contributed by atoms with van der Waals surface area (Å²) < 4.78 is 0. The lowest BCUT2D eigenvalue weighted by atomic mass is 10.3. The predicted octanol–water partition coefficient (Wildman–Crippen LogP) is -0.256. The summed E-state index contributed by atoms with van der Waals surface area (Å²) in [6.07, 6.45) is -1.45. The van der Waals surface area contributed by atoms with Gasteiger partial charge in [0.05, 0.1) is 22.9 Å². The summed E-state index contributed by atoms with van der Waals surface area (Å²) in [6, 6.07) is 3.71. The number of nitrogens with two attached hydrogens (primary N) is 1. The van der Waals surface area contributed by atoms with Gasteiger partial charge in [0.25, 0.3) is 0 Å². The topological polar surface area (TPSA) is 93.5 Å². The van der Waals surface area contributed by atoms with Gasteiger partial charge in [-0.2, -0.15) is 5.26 Å². The molecule has 5 nitrogen and oxygen atoms in total. The van der Waals surface area contributed by atoms with Crippen LogP contribution in [0.1, 0.15) is 4.88 Å². The van der Waals surface area contributed by atoms with Crippen molar-refractivity contribution >= 4 is 22.0 Å². The number of aliphatic hydroxyl groups excluding tert-OH is 2. The van der Waals surface area contributed by atoms with Crippen molar-refractivity contribution in [1.29, 1.82) is 5.26 Å². The van der Waals surface area contributed by atoms with Crippen molar-refractivity contribution in [3.05, 3.63) is 10.9 Å². The zero-order valence-corrected chi connectivity index (χ0v) is 8.74. The van der Waals surface area contributed by atoms with Gasteiger partial charge in [-0.3, -0.25) is 0 Å². The van der Waals surface area contributed by atoms with E-state index in [9.17, 15) is 10.2 Å². The van der Waals surface area contributed by atoms with Gasteiger partial charge in [0.1, 0.15) is 10.9 Å². The first-order valence-electron chi connectivity index (χ1n) is 4.52. The molecular formula is C9H11N3O2S. The Morgan fingerprint density at radius 3 is 2.53 bits per heavy atom. The molecule has 1 fully saturated rings. The molecule has 1 saturated heterocycles. The van der Waals surface area contributed by atoms with E-state index in [2.05, 4.69) is 0 Å². The molecule has 0 aliphatic carbocycles. The minimum absolute atomic E-state index is 0.381. The van der Waals surface area contributed by atoms with Crippen LogP contribution in [0.2, 0.25) is 0 Å². The van der Waals surface area contributed by atoms with Crippen LogP contribution in [0, 0.1) is 11.3 Å². The molecule has 6 heteroatoms. The van der Waals surface area contributed by atoms with Crippen molar-refractivity contribution in [2.45, 2.75) is 12.2 Å². The SMILES string of the molecule is N#Cc1sc(N2CC(O)C(O)C2)cc1N. The Balaban J connectivity index is 2.21. The molecule has 0 spiro atoms. The molecule has 15 heavy (non-hydrogen) atoms. The van der Waals surface area contributed by atoms with Gasteiger partial charge in [-0.05, 0) is 6.07 Å². The molecule has 0 saturated carbocycles. The third-order valence-electron chi connectivity index (χ3n) is 2.42. The maximum Gasteiger partial charge on any atom is 0.129 e. The van der Waals surface area contributed by atoms with Crippen LogP contribution in [0.5, 0.6) is 0 Å². The molecule has 2 heterocycles. The van der Waals surface area contributed by atoms with Crippen LogP contribution >= 0.6 is 11.3 Å². The molecule has 1 aliphatic heterocycles. The lowest BCUT2D eigenvalue weighted by molar-refractivity contribution is 0.0572. The maximum atomic E-state index is 9.38. The smallest absolute Gasteiger partial charge is 0.129 e. The molecule has 1 aromatic heterocycles. The minimum Gasteiger partial charge on any atom is -0.397 e. The van der Waals surface area contributed by atoms with E-state index in [1.54, 1.807) is 6.07 Å². The number of rotatable bonds is 1. The first-order valence-corrected chi connectivity index (χ1v) is 5.34. The van der Waals surface area contributed by atoms with Crippen LogP contribution in [0.15, 0.2) is 6.07 Å². The normalized spacial score (nSPS) is 25.5. The van der Waals surface area contributed by atoms with Gasteiger partial charge in [0.2, 0.25) is 0 Å². The number of aliphatic hydroxyl groups is 2. The summed E-state index contributed by atoms with van der Waals surface area (Å²) in [4.78, 5) is 2.30. The third kappa shape index (κ3) is 1.77.